The van der Waals surface area contributed by atoms with Gasteiger partial charge >= 0.3 is 0 Å². The second kappa shape index (κ2) is 6.11. The van der Waals surface area contributed by atoms with Crippen LogP contribution in [0.5, 0.6) is 0 Å². The maximum Gasteiger partial charge on any atom is 0.145 e. The molecular weight excluding hydrogens is 442 g/mol. The molecule has 3 fully saturated rings. The molecule has 168 valence electrons. The number of aryl methyl sites for hydroxylation is 1. The van der Waals surface area contributed by atoms with E-state index in [1.165, 1.54) is 6.33 Å². The number of aromatic nitrogens is 5. The Morgan fingerprint density at radius 1 is 1.15 bits per heavy atom. The molecule has 6 atom stereocenters. The van der Waals surface area contributed by atoms with Crippen molar-refractivity contribution in [1.29, 1.82) is 0 Å². The van der Waals surface area contributed by atoms with Gasteiger partial charge in [-0.15, -0.1) is 0 Å². The number of nitrogens with two attached hydrogens (primary N) is 2. The van der Waals surface area contributed by atoms with Crippen molar-refractivity contribution in [3.05, 3.63) is 47.5 Å². The first kappa shape index (κ1) is 19.5. The van der Waals surface area contributed by atoms with E-state index >= 15 is 0 Å². The van der Waals surface area contributed by atoms with Gasteiger partial charge < -0.3 is 26.2 Å². The average Bonchev–Trinajstić information content (AvgIpc) is 3.44. The molecule has 0 aliphatic heterocycles. The number of hydrogen-bond donors (Lipinski definition) is 4. The standard InChI is InChI=1S/C23H22ClN7O2/c24-13-7-14-15(30-19(13)26)5-10(8-27-14)1-3-22-12-6-16(22)23(33,21(22)32)17(12)31-4-2-11-18(25)28-9-29-20(11)31/h2,4-5,7-9,12,16-17,21,32-33H,1,3,6H2,(H2,26,30)(H2,25,28,29)/t12-,16?,17-,21-,22+,23-/m1/s1. The number of anilines is 2. The number of halogens is 1. The molecule has 33 heavy (non-hydrogen) atoms. The number of aliphatic hydroxyl groups is 2. The fourth-order valence-electron chi connectivity index (χ4n) is 7.15. The van der Waals surface area contributed by atoms with Crippen molar-refractivity contribution in [3.63, 3.8) is 0 Å². The van der Waals surface area contributed by atoms with E-state index in [1.54, 1.807) is 6.07 Å². The van der Waals surface area contributed by atoms with E-state index in [4.69, 9.17) is 23.1 Å². The van der Waals surface area contributed by atoms with Crippen molar-refractivity contribution in [1.82, 2.24) is 24.5 Å². The summed E-state index contributed by atoms with van der Waals surface area (Å²) in [7, 11) is 0. The van der Waals surface area contributed by atoms with Crippen LogP contribution < -0.4 is 11.5 Å². The van der Waals surface area contributed by atoms with Crippen LogP contribution in [0.3, 0.4) is 0 Å². The van der Waals surface area contributed by atoms with Gasteiger partial charge in [0.05, 0.1) is 33.6 Å². The van der Waals surface area contributed by atoms with Crippen molar-refractivity contribution in [2.75, 3.05) is 11.5 Å². The SMILES string of the molecule is Nc1nc2cc(CC[C@@]34C5C[C@@H]3[C@@H](n3ccc6c(N)ncnc63)[C@@]5(O)[C@@H]4O)cnc2cc1Cl. The molecule has 0 amide bonds. The number of fused-ring (bicyclic) bond motifs is 2. The zero-order chi connectivity index (χ0) is 22.7. The molecular formula is C23H22ClN7O2. The normalized spacial score (nSPS) is 33.9. The second-order valence-corrected chi connectivity index (χ2v) is 10.1. The van der Waals surface area contributed by atoms with Gasteiger partial charge in [-0.25, -0.2) is 15.0 Å². The summed E-state index contributed by atoms with van der Waals surface area (Å²) in [6.07, 6.45) is 6.76. The van der Waals surface area contributed by atoms with E-state index < -0.39 is 11.7 Å². The Hall–Kier alpha value is -3.01. The Bertz CT molecular complexity index is 1460. The van der Waals surface area contributed by atoms with Gasteiger partial charge in [0.1, 0.15) is 29.2 Å². The summed E-state index contributed by atoms with van der Waals surface area (Å²) in [6, 6.07) is 5.33. The van der Waals surface area contributed by atoms with Gasteiger partial charge in [0.15, 0.2) is 0 Å². The van der Waals surface area contributed by atoms with Crippen LogP contribution in [0.15, 0.2) is 36.9 Å². The summed E-state index contributed by atoms with van der Waals surface area (Å²) in [4.78, 5) is 17.3. The molecule has 7 rings (SSSR count). The van der Waals surface area contributed by atoms with Gasteiger partial charge in [-0.1, -0.05) is 11.6 Å². The zero-order valence-corrected chi connectivity index (χ0v) is 18.3. The van der Waals surface area contributed by atoms with Crippen molar-refractivity contribution >= 4 is 45.3 Å². The number of rotatable bonds is 4. The minimum atomic E-state index is -1.15. The number of hydrogen-bond acceptors (Lipinski definition) is 8. The average molecular weight is 464 g/mol. The van der Waals surface area contributed by atoms with Gasteiger partial charge in [-0.2, -0.15) is 0 Å². The van der Waals surface area contributed by atoms with Gasteiger partial charge in [0.2, 0.25) is 0 Å². The molecule has 4 bridgehead atoms. The zero-order valence-electron chi connectivity index (χ0n) is 17.6. The Balaban J connectivity index is 1.20. The molecule has 4 heterocycles. The van der Waals surface area contributed by atoms with Gasteiger partial charge in [0.25, 0.3) is 0 Å². The highest BCUT2D eigenvalue weighted by molar-refractivity contribution is 6.33. The third-order valence-corrected chi connectivity index (χ3v) is 8.88. The van der Waals surface area contributed by atoms with E-state index in [0.717, 1.165) is 30.2 Å². The van der Waals surface area contributed by atoms with Crippen LogP contribution in [0.4, 0.5) is 11.6 Å². The molecule has 6 N–H and O–H groups in total. The molecule has 9 nitrogen and oxygen atoms in total. The van der Waals surface area contributed by atoms with E-state index in [-0.39, 0.29) is 29.1 Å². The predicted molar refractivity (Wildman–Crippen MR) is 123 cm³/mol. The predicted octanol–water partition coefficient (Wildman–Crippen LogP) is 2.11. The van der Waals surface area contributed by atoms with Crippen LogP contribution in [0.2, 0.25) is 5.02 Å². The van der Waals surface area contributed by atoms with Crippen LogP contribution in [-0.2, 0) is 6.42 Å². The molecule has 4 aromatic rings. The fraction of sp³-hybridized carbons (Fsp3) is 0.391. The maximum absolute atomic E-state index is 11.6. The molecule has 3 aliphatic carbocycles. The number of nitrogen functional groups attached to an aromatic ring is 2. The Labute approximate surface area is 193 Å². The highest BCUT2D eigenvalue weighted by atomic mass is 35.5. The molecule has 3 saturated carbocycles. The monoisotopic (exact) mass is 463 g/mol. The van der Waals surface area contributed by atoms with E-state index in [1.807, 2.05) is 29.1 Å². The molecule has 0 saturated heterocycles. The van der Waals surface area contributed by atoms with E-state index in [2.05, 4.69) is 19.9 Å². The summed E-state index contributed by atoms with van der Waals surface area (Å²) >= 11 is 6.05. The number of nitrogens with zero attached hydrogens (tertiary/aromatic N) is 5. The Morgan fingerprint density at radius 2 is 2.00 bits per heavy atom. The lowest BCUT2D eigenvalue weighted by molar-refractivity contribution is -0.285. The summed E-state index contributed by atoms with van der Waals surface area (Å²) in [5, 5.41) is 23.9. The second-order valence-electron chi connectivity index (χ2n) is 9.70. The van der Waals surface area contributed by atoms with Crippen LogP contribution in [0.25, 0.3) is 22.1 Å². The smallest absolute Gasteiger partial charge is 0.145 e. The van der Waals surface area contributed by atoms with E-state index in [0.29, 0.717) is 27.5 Å². The van der Waals surface area contributed by atoms with Crippen LogP contribution >= 0.6 is 11.6 Å². The molecule has 3 aliphatic rings. The number of pyridine rings is 2. The largest absolute Gasteiger partial charge is 0.389 e. The van der Waals surface area contributed by atoms with Crippen LogP contribution in [-0.4, -0.2) is 46.4 Å². The van der Waals surface area contributed by atoms with Crippen molar-refractivity contribution in [2.45, 2.75) is 37.0 Å². The molecule has 0 aromatic carbocycles. The maximum atomic E-state index is 11.6. The first-order chi connectivity index (χ1) is 15.9. The Morgan fingerprint density at radius 3 is 2.82 bits per heavy atom. The third-order valence-electron chi connectivity index (χ3n) is 8.58. The van der Waals surface area contributed by atoms with Gasteiger partial charge in [0, 0.05) is 23.7 Å². The van der Waals surface area contributed by atoms with Crippen molar-refractivity contribution < 1.29 is 10.2 Å². The van der Waals surface area contributed by atoms with E-state index in [9.17, 15) is 10.2 Å². The highest BCUT2D eigenvalue weighted by Crippen LogP contribution is 2.84. The molecule has 4 aromatic heterocycles. The first-order valence-corrected chi connectivity index (χ1v) is 11.4. The quantitative estimate of drug-likeness (QED) is 0.359. The fourth-order valence-corrected chi connectivity index (χ4v) is 7.30. The summed E-state index contributed by atoms with van der Waals surface area (Å²) in [5.74, 6) is 0.922. The molecule has 0 radical (unpaired) electrons. The summed E-state index contributed by atoms with van der Waals surface area (Å²) in [6.45, 7) is 0. The molecule has 0 spiro atoms. The topological polar surface area (TPSA) is 149 Å². The minimum absolute atomic E-state index is 0.0626. The summed E-state index contributed by atoms with van der Waals surface area (Å²) in [5.41, 5.74) is 13.5. The van der Waals surface area contributed by atoms with Crippen LogP contribution in [0.1, 0.15) is 24.4 Å². The lowest BCUT2D eigenvalue weighted by atomic mass is 9.43. The first-order valence-electron chi connectivity index (χ1n) is 11.0. The highest BCUT2D eigenvalue weighted by Gasteiger charge is 2.89. The minimum Gasteiger partial charge on any atom is -0.389 e. The molecule has 10 heteroatoms. The van der Waals surface area contributed by atoms with Crippen molar-refractivity contribution in [2.24, 2.45) is 17.3 Å². The lowest BCUT2D eigenvalue weighted by Gasteiger charge is -2.64. The Kier molecular flexibility index (Phi) is 3.60. The van der Waals surface area contributed by atoms with Gasteiger partial charge in [-0.05, 0) is 48.9 Å². The number of aliphatic hydroxyl groups excluding tert-OH is 1. The third kappa shape index (κ3) is 2.16. The van der Waals surface area contributed by atoms with Crippen LogP contribution in [0, 0.1) is 17.3 Å². The van der Waals surface area contributed by atoms with Crippen molar-refractivity contribution in [3.8, 4) is 0 Å². The lowest BCUT2D eigenvalue weighted by Crippen LogP contribution is -2.72. The molecule has 1 unspecified atom stereocenters. The van der Waals surface area contributed by atoms with Gasteiger partial charge in [-0.3, -0.25) is 4.98 Å². The summed E-state index contributed by atoms with van der Waals surface area (Å²) < 4.78 is 1.99.